The van der Waals surface area contributed by atoms with Crippen LogP contribution in [-0.2, 0) is 32.6 Å². The van der Waals surface area contributed by atoms with E-state index in [4.69, 9.17) is 9.15 Å². The quantitative estimate of drug-likeness (QED) is 0.414. The summed E-state index contributed by atoms with van der Waals surface area (Å²) in [4.78, 5) is 24.2. The average Bonchev–Trinajstić information content (AvgIpc) is 3.36. The van der Waals surface area contributed by atoms with Crippen LogP contribution in [0.4, 0.5) is 0 Å². The number of sulfonamides is 1. The Labute approximate surface area is 198 Å². The van der Waals surface area contributed by atoms with Crippen molar-refractivity contribution in [2.24, 2.45) is 0 Å². The van der Waals surface area contributed by atoms with Gasteiger partial charge in [-0.1, -0.05) is 12.1 Å². The first-order chi connectivity index (χ1) is 16.3. The van der Waals surface area contributed by atoms with Gasteiger partial charge in [0.05, 0.1) is 43.5 Å². The minimum Gasteiger partial charge on any atom is -0.494 e. The van der Waals surface area contributed by atoms with Crippen molar-refractivity contribution in [3.05, 3.63) is 83.8 Å². The zero-order chi connectivity index (χ0) is 24.6. The average molecular weight is 487 g/mol. The number of amides is 1. The number of esters is 1. The molecule has 9 nitrogen and oxygen atoms in total. The van der Waals surface area contributed by atoms with Gasteiger partial charge in [0.15, 0.2) is 0 Å². The fourth-order valence-corrected chi connectivity index (χ4v) is 4.48. The SMILES string of the molecule is CCOc1ccc(S(=O)(=O)N(CC(=O)NCc2ccc(C(=O)OC)cc2)Cc2ccco2)cc1. The van der Waals surface area contributed by atoms with E-state index in [1.807, 2.05) is 6.92 Å². The summed E-state index contributed by atoms with van der Waals surface area (Å²) in [5.41, 5.74) is 1.14. The van der Waals surface area contributed by atoms with Gasteiger partial charge in [0, 0.05) is 6.54 Å². The molecule has 3 aromatic rings. The molecule has 10 heteroatoms. The van der Waals surface area contributed by atoms with Gasteiger partial charge in [0.1, 0.15) is 11.5 Å². The number of hydrogen-bond acceptors (Lipinski definition) is 7. The standard InChI is InChI=1S/C24H26N2O7S/c1-3-32-20-10-12-22(13-11-20)34(29,30)26(16-21-5-4-14-33-21)17-23(27)25-15-18-6-8-19(9-7-18)24(28)31-2/h4-14H,3,15-17H2,1-2H3,(H,25,27). The van der Waals surface area contributed by atoms with Crippen LogP contribution in [0.1, 0.15) is 28.6 Å². The Bertz CT molecular complexity index is 1190. The highest BCUT2D eigenvalue weighted by Crippen LogP contribution is 2.21. The molecule has 1 N–H and O–H groups in total. The molecule has 0 aliphatic carbocycles. The number of ether oxygens (including phenoxy) is 2. The largest absolute Gasteiger partial charge is 0.494 e. The molecule has 34 heavy (non-hydrogen) atoms. The van der Waals surface area contributed by atoms with Crippen molar-refractivity contribution in [2.75, 3.05) is 20.3 Å². The second-order valence-electron chi connectivity index (χ2n) is 7.22. The van der Waals surface area contributed by atoms with Crippen LogP contribution in [0.5, 0.6) is 5.75 Å². The molecule has 180 valence electrons. The molecule has 0 unspecified atom stereocenters. The first kappa shape index (κ1) is 25.0. The second-order valence-corrected chi connectivity index (χ2v) is 9.16. The molecule has 1 aromatic heterocycles. The van der Waals surface area contributed by atoms with Crippen molar-refractivity contribution in [1.29, 1.82) is 0 Å². The normalized spacial score (nSPS) is 11.3. The van der Waals surface area contributed by atoms with Crippen LogP contribution in [-0.4, -0.2) is 44.9 Å². The molecule has 0 fully saturated rings. The summed E-state index contributed by atoms with van der Waals surface area (Å²) in [6.45, 7) is 1.95. The van der Waals surface area contributed by atoms with Crippen molar-refractivity contribution in [3.8, 4) is 5.75 Å². The molecule has 1 heterocycles. The van der Waals surface area contributed by atoms with E-state index in [1.54, 1.807) is 48.5 Å². The molecule has 1 amide bonds. The van der Waals surface area contributed by atoms with Gasteiger partial charge in [0.2, 0.25) is 15.9 Å². The fraction of sp³-hybridized carbons (Fsp3) is 0.250. The zero-order valence-corrected chi connectivity index (χ0v) is 19.7. The first-order valence-corrected chi connectivity index (χ1v) is 12.0. The maximum absolute atomic E-state index is 13.3. The van der Waals surface area contributed by atoms with Crippen LogP contribution in [0.2, 0.25) is 0 Å². The Morgan fingerprint density at radius 3 is 2.32 bits per heavy atom. The van der Waals surface area contributed by atoms with Crippen LogP contribution in [0, 0.1) is 0 Å². The summed E-state index contributed by atoms with van der Waals surface area (Å²) in [6.07, 6.45) is 1.44. The Morgan fingerprint density at radius 2 is 1.74 bits per heavy atom. The molecule has 0 saturated carbocycles. The minimum atomic E-state index is -4.00. The Morgan fingerprint density at radius 1 is 1.03 bits per heavy atom. The van der Waals surface area contributed by atoms with E-state index in [0.717, 1.165) is 9.87 Å². The van der Waals surface area contributed by atoms with Crippen molar-refractivity contribution in [2.45, 2.75) is 24.9 Å². The number of nitrogens with one attached hydrogen (secondary N) is 1. The maximum atomic E-state index is 13.3. The van der Waals surface area contributed by atoms with Crippen molar-refractivity contribution in [3.63, 3.8) is 0 Å². The summed E-state index contributed by atoms with van der Waals surface area (Å²) in [5, 5.41) is 2.71. The van der Waals surface area contributed by atoms with Crippen molar-refractivity contribution >= 4 is 21.9 Å². The predicted molar refractivity (Wildman–Crippen MR) is 124 cm³/mol. The van der Waals surface area contributed by atoms with Crippen molar-refractivity contribution < 1.29 is 31.9 Å². The fourth-order valence-electron chi connectivity index (χ4n) is 3.12. The molecule has 0 aliphatic rings. The molecular weight excluding hydrogens is 460 g/mol. The number of carbonyl (C=O) groups is 2. The number of benzene rings is 2. The van der Waals surface area contributed by atoms with Gasteiger partial charge in [-0.15, -0.1) is 0 Å². The third-order valence-electron chi connectivity index (χ3n) is 4.87. The van der Waals surface area contributed by atoms with E-state index < -0.39 is 28.4 Å². The van der Waals surface area contributed by atoms with Crippen LogP contribution in [0.3, 0.4) is 0 Å². The van der Waals surface area contributed by atoms with E-state index >= 15 is 0 Å². The van der Waals surface area contributed by atoms with Crippen molar-refractivity contribution in [1.82, 2.24) is 9.62 Å². The second kappa shape index (κ2) is 11.5. The highest BCUT2D eigenvalue weighted by atomic mass is 32.2. The Hall–Kier alpha value is -3.63. The maximum Gasteiger partial charge on any atom is 0.337 e. The van der Waals surface area contributed by atoms with Gasteiger partial charge in [-0.05, 0) is 61.0 Å². The molecule has 0 radical (unpaired) electrons. The number of methoxy groups -OCH3 is 1. The molecule has 0 aliphatic heterocycles. The lowest BCUT2D eigenvalue weighted by Crippen LogP contribution is -2.40. The van der Waals surface area contributed by atoms with E-state index in [9.17, 15) is 18.0 Å². The zero-order valence-electron chi connectivity index (χ0n) is 18.9. The Balaban J connectivity index is 1.71. The molecule has 3 rings (SSSR count). The van der Waals surface area contributed by atoms with E-state index in [0.29, 0.717) is 23.7 Å². The number of rotatable bonds is 11. The summed E-state index contributed by atoms with van der Waals surface area (Å²) in [6, 6.07) is 15.9. The number of hydrogen-bond donors (Lipinski definition) is 1. The lowest BCUT2D eigenvalue weighted by Gasteiger charge is -2.21. The molecule has 2 aromatic carbocycles. The van der Waals surface area contributed by atoms with Crippen LogP contribution < -0.4 is 10.1 Å². The van der Waals surface area contributed by atoms with Crippen LogP contribution >= 0.6 is 0 Å². The first-order valence-electron chi connectivity index (χ1n) is 10.5. The van der Waals surface area contributed by atoms with E-state index in [1.165, 1.54) is 25.5 Å². The summed E-state index contributed by atoms with van der Waals surface area (Å²) in [7, 11) is -2.70. The lowest BCUT2D eigenvalue weighted by atomic mass is 10.1. The highest BCUT2D eigenvalue weighted by molar-refractivity contribution is 7.89. The summed E-state index contributed by atoms with van der Waals surface area (Å²) < 4.78 is 43.0. The summed E-state index contributed by atoms with van der Waals surface area (Å²) >= 11 is 0. The van der Waals surface area contributed by atoms with Gasteiger partial charge < -0.3 is 19.2 Å². The number of carbonyl (C=O) groups excluding carboxylic acids is 2. The van der Waals surface area contributed by atoms with Crippen LogP contribution in [0.15, 0.2) is 76.2 Å². The molecular formula is C24H26N2O7S. The molecule has 0 spiro atoms. The van der Waals surface area contributed by atoms with Gasteiger partial charge in [-0.2, -0.15) is 4.31 Å². The van der Waals surface area contributed by atoms with Crippen LogP contribution in [0.25, 0.3) is 0 Å². The monoisotopic (exact) mass is 486 g/mol. The minimum absolute atomic E-state index is 0.0358. The third kappa shape index (κ3) is 6.46. The molecule has 0 saturated heterocycles. The van der Waals surface area contributed by atoms with Gasteiger partial charge in [-0.25, -0.2) is 13.2 Å². The highest BCUT2D eigenvalue weighted by Gasteiger charge is 2.27. The number of nitrogens with zero attached hydrogens (tertiary/aromatic N) is 1. The predicted octanol–water partition coefficient (Wildman–Crippen LogP) is 2.97. The van der Waals surface area contributed by atoms with Gasteiger partial charge >= 0.3 is 5.97 Å². The topological polar surface area (TPSA) is 115 Å². The van der Waals surface area contributed by atoms with E-state index in [-0.39, 0.29) is 18.0 Å². The molecule has 0 atom stereocenters. The summed E-state index contributed by atoms with van der Waals surface area (Å²) in [5.74, 6) is 0.0115. The number of furan rings is 1. The Kier molecular flexibility index (Phi) is 8.44. The smallest absolute Gasteiger partial charge is 0.337 e. The van der Waals surface area contributed by atoms with Gasteiger partial charge in [0.25, 0.3) is 0 Å². The van der Waals surface area contributed by atoms with Gasteiger partial charge in [-0.3, -0.25) is 4.79 Å². The van der Waals surface area contributed by atoms with E-state index in [2.05, 4.69) is 10.1 Å². The molecule has 0 bridgehead atoms. The third-order valence-corrected chi connectivity index (χ3v) is 6.68. The lowest BCUT2D eigenvalue weighted by molar-refractivity contribution is -0.121.